The van der Waals surface area contributed by atoms with Gasteiger partial charge in [0.1, 0.15) is 0 Å². The Morgan fingerprint density at radius 2 is 1.55 bits per heavy atom. The van der Waals surface area contributed by atoms with Crippen LogP contribution in [0.2, 0.25) is 0 Å². The zero-order valence-electron chi connectivity index (χ0n) is 13.1. The summed E-state index contributed by atoms with van der Waals surface area (Å²) in [6.45, 7) is 7.27. The number of aliphatic hydroxyl groups is 1. The van der Waals surface area contributed by atoms with Crippen molar-refractivity contribution >= 4 is 35.8 Å². The average Bonchev–Trinajstić information content (AvgIpc) is 2.38. The third-order valence-corrected chi connectivity index (χ3v) is 3.08. The summed E-state index contributed by atoms with van der Waals surface area (Å²) in [7, 11) is 0. The van der Waals surface area contributed by atoms with Gasteiger partial charge >= 0.3 is 35.8 Å². The second-order valence-electron chi connectivity index (χ2n) is 4.88. The van der Waals surface area contributed by atoms with Crippen molar-refractivity contribution in [2.75, 3.05) is 13.2 Å². The van der Waals surface area contributed by atoms with Gasteiger partial charge in [-0.25, -0.2) is 4.79 Å². The number of carbonyl (C=O) groups is 2. The van der Waals surface area contributed by atoms with Crippen LogP contribution in [-0.4, -0.2) is 59.8 Å². The Hall–Kier alpha value is -0.301. The van der Waals surface area contributed by atoms with Crippen LogP contribution in [0.4, 0.5) is 0 Å². The van der Waals surface area contributed by atoms with Crippen LogP contribution in [0.1, 0.15) is 53.4 Å². The van der Waals surface area contributed by atoms with Crippen molar-refractivity contribution in [1.82, 2.24) is 0 Å². The predicted octanol–water partition coefficient (Wildman–Crippen LogP) is 1.14. The number of unbranched alkanes of at least 4 members (excludes halogenated alkanes) is 2. The molecule has 0 aromatic rings. The van der Waals surface area contributed by atoms with Gasteiger partial charge < -0.3 is 14.6 Å². The van der Waals surface area contributed by atoms with Crippen LogP contribution >= 0.6 is 0 Å². The average molecular weight is 395 g/mol. The number of carbonyl (C=O) groups excluding carboxylic acids is 2. The Morgan fingerprint density at radius 1 is 1.10 bits per heavy atom. The van der Waals surface area contributed by atoms with E-state index in [-0.39, 0.29) is 30.5 Å². The molecule has 2 atom stereocenters. The SMILES string of the molecule is CCCCOC(=O)C(C)C(C)(O)C(=O)OCCCC.[SnH2]. The summed E-state index contributed by atoms with van der Waals surface area (Å²) in [5.74, 6) is -2.30. The number of hydrogen-bond donors (Lipinski definition) is 1. The van der Waals surface area contributed by atoms with Gasteiger partial charge in [-0.2, -0.15) is 0 Å². The number of hydrogen-bond acceptors (Lipinski definition) is 5. The second kappa shape index (κ2) is 11.4. The zero-order valence-corrected chi connectivity index (χ0v) is 17.1. The molecule has 0 bridgehead atoms. The molecule has 2 unspecified atom stereocenters. The van der Waals surface area contributed by atoms with E-state index in [4.69, 9.17) is 9.47 Å². The Kier molecular flexibility index (Phi) is 12.5. The van der Waals surface area contributed by atoms with Crippen LogP contribution in [0.5, 0.6) is 0 Å². The molecule has 0 heterocycles. The van der Waals surface area contributed by atoms with E-state index in [1.165, 1.54) is 13.8 Å². The standard InChI is InChI=1S/C14H26O5.Sn.2H/c1-5-7-9-18-12(15)11(3)14(4,17)13(16)19-10-8-6-2;;;/h11,17H,5-10H2,1-4H3;;;. The second-order valence-corrected chi connectivity index (χ2v) is 4.88. The molecule has 0 fully saturated rings. The van der Waals surface area contributed by atoms with Gasteiger partial charge in [-0.3, -0.25) is 4.79 Å². The molecule has 0 aliphatic heterocycles. The van der Waals surface area contributed by atoms with Crippen LogP contribution < -0.4 is 0 Å². The summed E-state index contributed by atoms with van der Waals surface area (Å²) in [5.41, 5.74) is -1.85. The normalized spacial score (nSPS) is 14.7. The molecule has 118 valence electrons. The Morgan fingerprint density at radius 3 is 2.00 bits per heavy atom. The molecule has 6 heteroatoms. The molecular weight excluding hydrogens is 367 g/mol. The fraction of sp³-hybridized carbons (Fsp3) is 0.857. The first-order valence-corrected chi connectivity index (χ1v) is 6.94. The van der Waals surface area contributed by atoms with Crippen molar-refractivity contribution < 1.29 is 24.2 Å². The number of esters is 2. The van der Waals surface area contributed by atoms with Gasteiger partial charge in [0.05, 0.1) is 19.1 Å². The fourth-order valence-electron chi connectivity index (χ4n) is 1.30. The van der Waals surface area contributed by atoms with Crippen molar-refractivity contribution in [3.8, 4) is 0 Å². The van der Waals surface area contributed by atoms with E-state index >= 15 is 0 Å². The maximum absolute atomic E-state index is 11.7. The summed E-state index contributed by atoms with van der Waals surface area (Å²) in [4.78, 5) is 23.4. The minimum atomic E-state index is -1.85. The summed E-state index contributed by atoms with van der Waals surface area (Å²) in [5, 5.41) is 10.1. The van der Waals surface area contributed by atoms with Crippen molar-refractivity contribution in [2.24, 2.45) is 5.92 Å². The van der Waals surface area contributed by atoms with Crippen LogP contribution in [0.3, 0.4) is 0 Å². The molecule has 0 spiro atoms. The molecule has 20 heavy (non-hydrogen) atoms. The van der Waals surface area contributed by atoms with Crippen molar-refractivity contribution in [2.45, 2.75) is 59.0 Å². The molecule has 0 amide bonds. The molecule has 0 aliphatic carbocycles. The topological polar surface area (TPSA) is 72.8 Å². The molecule has 0 saturated carbocycles. The van der Waals surface area contributed by atoms with E-state index in [0.29, 0.717) is 6.61 Å². The van der Waals surface area contributed by atoms with Gasteiger partial charge in [0.15, 0.2) is 5.60 Å². The van der Waals surface area contributed by atoms with Gasteiger partial charge in [0, 0.05) is 0 Å². The van der Waals surface area contributed by atoms with Gasteiger partial charge in [-0.1, -0.05) is 26.7 Å². The van der Waals surface area contributed by atoms with Gasteiger partial charge in [0.25, 0.3) is 0 Å². The third kappa shape index (κ3) is 7.47. The Bertz CT molecular complexity index is 291. The zero-order chi connectivity index (χ0) is 14.9. The molecule has 1 N–H and O–H groups in total. The predicted molar refractivity (Wildman–Crippen MR) is 80.1 cm³/mol. The van der Waals surface area contributed by atoms with Gasteiger partial charge in [0.2, 0.25) is 0 Å². The van der Waals surface area contributed by atoms with E-state index in [9.17, 15) is 14.7 Å². The summed E-state index contributed by atoms with van der Waals surface area (Å²) >= 11 is 0. The van der Waals surface area contributed by atoms with Crippen molar-refractivity contribution in [3.05, 3.63) is 0 Å². The summed E-state index contributed by atoms with van der Waals surface area (Å²) < 4.78 is 9.95. The number of ether oxygens (including phenoxy) is 2. The summed E-state index contributed by atoms with van der Waals surface area (Å²) in [6.07, 6.45) is 3.31. The fourth-order valence-corrected chi connectivity index (χ4v) is 1.30. The molecule has 0 saturated heterocycles. The van der Waals surface area contributed by atoms with Crippen molar-refractivity contribution in [1.29, 1.82) is 0 Å². The van der Waals surface area contributed by atoms with Crippen LogP contribution in [0.15, 0.2) is 0 Å². The first-order valence-electron chi connectivity index (χ1n) is 6.94. The monoisotopic (exact) mass is 396 g/mol. The van der Waals surface area contributed by atoms with E-state index in [2.05, 4.69) is 0 Å². The molecular formula is C14H28O5Sn. The Balaban J connectivity index is 0. The maximum atomic E-state index is 11.7. The van der Waals surface area contributed by atoms with Crippen LogP contribution in [0.25, 0.3) is 0 Å². The molecule has 5 nitrogen and oxygen atoms in total. The summed E-state index contributed by atoms with van der Waals surface area (Å²) in [6, 6.07) is 0. The molecule has 0 rings (SSSR count). The van der Waals surface area contributed by atoms with Crippen LogP contribution in [-0.2, 0) is 19.1 Å². The first kappa shape index (κ1) is 22.0. The van der Waals surface area contributed by atoms with Crippen LogP contribution in [0, 0.1) is 5.92 Å². The van der Waals surface area contributed by atoms with E-state index < -0.39 is 23.5 Å². The van der Waals surface area contributed by atoms with Gasteiger partial charge in [-0.05, 0) is 26.7 Å². The molecule has 0 aromatic carbocycles. The third-order valence-electron chi connectivity index (χ3n) is 3.08. The van der Waals surface area contributed by atoms with E-state index in [1.54, 1.807) is 0 Å². The first-order chi connectivity index (χ1) is 8.87. The molecule has 2 radical (unpaired) electrons. The quantitative estimate of drug-likeness (QED) is 0.360. The van der Waals surface area contributed by atoms with E-state index in [0.717, 1.165) is 25.7 Å². The minimum absolute atomic E-state index is 0. The van der Waals surface area contributed by atoms with Gasteiger partial charge in [-0.15, -0.1) is 0 Å². The van der Waals surface area contributed by atoms with Crippen molar-refractivity contribution in [3.63, 3.8) is 0 Å². The Labute approximate surface area is 138 Å². The number of rotatable bonds is 9. The van der Waals surface area contributed by atoms with E-state index in [1.807, 2.05) is 13.8 Å². The molecule has 0 aromatic heterocycles. The molecule has 0 aliphatic rings.